The van der Waals surface area contributed by atoms with Crippen molar-refractivity contribution in [3.63, 3.8) is 0 Å². The SMILES string of the molecule is CC(=O)[C@H]1CC[C@H]2[C@@H]3CCC4CC(OCC(C)C)CC[C@]4(C)[C@H]3CC[C@]12C. The number of carbonyl (C=O) groups excluding carboxylic acids is 1. The van der Waals surface area contributed by atoms with Gasteiger partial charge in [-0.1, -0.05) is 27.7 Å². The molecule has 0 amide bonds. The first kappa shape index (κ1) is 19.9. The molecule has 8 atom stereocenters. The second kappa shape index (κ2) is 7.15. The van der Waals surface area contributed by atoms with Gasteiger partial charge in [0.2, 0.25) is 0 Å². The molecule has 27 heavy (non-hydrogen) atoms. The van der Waals surface area contributed by atoms with Crippen LogP contribution in [0.3, 0.4) is 0 Å². The molecule has 0 saturated heterocycles. The Kier molecular flexibility index (Phi) is 5.28. The van der Waals surface area contributed by atoms with Gasteiger partial charge in [0.25, 0.3) is 0 Å². The molecular formula is C25H42O2. The quantitative estimate of drug-likeness (QED) is 0.579. The van der Waals surface area contributed by atoms with E-state index in [2.05, 4.69) is 27.7 Å². The molecule has 154 valence electrons. The highest BCUT2D eigenvalue weighted by Crippen LogP contribution is 2.67. The van der Waals surface area contributed by atoms with Crippen LogP contribution in [0.15, 0.2) is 0 Å². The van der Waals surface area contributed by atoms with Crippen LogP contribution in [0.2, 0.25) is 0 Å². The van der Waals surface area contributed by atoms with Gasteiger partial charge in [0.05, 0.1) is 6.10 Å². The first-order valence-corrected chi connectivity index (χ1v) is 11.9. The van der Waals surface area contributed by atoms with Gasteiger partial charge < -0.3 is 4.74 Å². The number of carbonyl (C=O) groups is 1. The summed E-state index contributed by atoms with van der Waals surface area (Å²) in [6, 6.07) is 0. The molecule has 4 saturated carbocycles. The van der Waals surface area contributed by atoms with Gasteiger partial charge in [0.15, 0.2) is 0 Å². The molecule has 0 aliphatic heterocycles. The fraction of sp³-hybridized carbons (Fsp3) is 0.960. The summed E-state index contributed by atoms with van der Waals surface area (Å²) in [5.41, 5.74) is 0.823. The Balaban J connectivity index is 1.48. The fourth-order valence-electron chi connectivity index (χ4n) is 8.37. The van der Waals surface area contributed by atoms with Gasteiger partial charge in [-0.05, 0) is 105 Å². The van der Waals surface area contributed by atoms with Gasteiger partial charge in [-0.2, -0.15) is 0 Å². The predicted octanol–water partition coefficient (Wildman–Crippen LogP) is 6.28. The van der Waals surface area contributed by atoms with Crippen LogP contribution >= 0.6 is 0 Å². The molecule has 2 heteroatoms. The standard InChI is InChI=1S/C25H42O2/c1-16(2)15-27-19-10-12-24(4)18(14-19)6-7-20-22-9-8-21(17(3)26)25(22,5)13-11-23(20)24/h16,18-23H,6-15H2,1-5H3/t18?,19?,20-,21+,22-,23-,24-,25+/m0/s1. The molecule has 0 aromatic heterocycles. The van der Waals surface area contributed by atoms with E-state index in [1.165, 1.54) is 51.4 Å². The van der Waals surface area contributed by atoms with E-state index >= 15 is 0 Å². The minimum Gasteiger partial charge on any atom is -0.378 e. The molecule has 0 aromatic rings. The Morgan fingerprint density at radius 3 is 2.37 bits per heavy atom. The van der Waals surface area contributed by atoms with E-state index in [0.29, 0.717) is 34.6 Å². The van der Waals surface area contributed by atoms with Crippen molar-refractivity contribution in [3.05, 3.63) is 0 Å². The lowest BCUT2D eigenvalue weighted by Crippen LogP contribution is -2.54. The van der Waals surface area contributed by atoms with Crippen molar-refractivity contribution in [3.8, 4) is 0 Å². The number of rotatable bonds is 4. The molecule has 0 N–H and O–H groups in total. The third-order valence-electron chi connectivity index (χ3n) is 9.77. The average molecular weight is 375 g/mol. The minimum absolute atomic E-state index is 0.299. The molecule has 0 bridgehead atoms. The number of ether oxygens (including phenoxy) is 1. The molecule has 0 spiro atoms. The van der Waals surface area contributed by atoms with E-state index in [4.69, 9.17) is 4.74 Å². The van der Waals surface area contributed by atoms with Crippen molar-refractivity contribution in [1.29, 1.82) is 0 Å². The highest BCUT2D eigenvalue weighted by Gasteiger charge is 2.60. The zero-order valence-corrected chi connectivity index (χ0v) is 18.4. The average Bonchev–Trinajstić information content (AvgIpc) is 2.97. The van der Waals surface area contributed by atoms with Crippen LogP contribution in [0.1, 0.15) is 92.4 Å². The number of hydrogen-bond acceptors (Lipinski definition) is 2. The predicted molar refractivity (Wildman–Crippen MR) is 110 cm³/mol. The van der Waals surface area contributed by atoms with Crippen LogP contribution < -0.4 is 0 Å². The van der Waals surface area contributed by atoms with E-state index in [-0.39, 0.29) is 0 Å². The minimum atomic E-state index is 0.299. The summed E-state index contributed by atoms with van der Waals surface area (Å²) in [6.07, 6.45) is 12.4. The summed E-state index contributed by atoms with van der Waals surface area (Å²) in [7, 11) is 0. The van der Waals surface area contributed by atoms with Crippen molar-refractivity contribution < 1.29 is 9.53 Å². The molecular weight excluding hydrogens is 332 g/mol. The summed E-state index contributed by atoms with van der Waals surface area (Å²) >= 11 is 0. The third kappa shape index (κ3) is 3.22. The zero-order chi connectivity index (χ0) is 19.4. The molecule has 4 aliphatic rings. The van der Waals surface area contributed by atoms with Gasteiger partial charge in [-0.3, -0.25) is 4.79 Å². The lowest BCUT2D eigenvalue weighted by atomic mass is 9.44. The Labute approximate surface area is 167 Å². The topological polar surface area (TPSA) is 26.3 Å². The van der Waals surface area contributed by atoms with Crippen molar-refractivity contribution in [2.24, 2.45) is 46.3 Å². The van der Waals surface area contributed by atoms with E-state index in [9.17, 15) is 4.79 Å². The van der Waals surface area contributed by atoms with E-state index in [0.717, 1.165) is 36.7 Å². The maximum absolute atomic E-state index is 12.3. The Morgan fingerprint density at radius 2 is 1.67 bits per heavy atom. The number of ketones is 1. The van der Waals surface area contributed by atoms with Crippen molar-refractivity contribution in [2.45, 2.75) is 98.5 Å². The molecule has 0 aromatic carbocycles. The van der Waals surface area contributed by atoms with Crippen LogP contribution in [0.25, 0.3) is 0 Å². The molecule has 2 nitrogen and oxygen atoms in total. The lowest BCUT2D eigenvalue weighted by Gasteiger charge is -2.61. The summed E-state index contributed by atoms with van der Waals surface area (Å²) < 4.78 is 6.26. The highest BCUT2D eigenvalue weighted by molar-refractivity contribution is 5.79. The van der Waals surface area contributed by atoms with Crippen LogP contribution in [0, 0.1) is 46.3 Å². The second-order valence-electron chi connectivity index (χ2n) is 11.6. The number of fused-ring (bicyclic) bond motifs is 5. The monoisotopic (exact) mass is 374 g/mol. The van der Waals surface area contributed by atoms with Crippen LogP contribution in [0.4, 0.5) is 0 Å². The molecule has 0 radical (unpaired) electrons. The van der Waals surface area contributed by atoms with Gasteiger partial charge in [0, 0.05) is 12.5 Å². The van der Waals surface area contributed by atoms with Crippen molar-refractivity contribution in [1.82, 2.24) is 0 Å². The maximum Gasteiger partial charge on any atom is 0.133 e. The second-order valence-corrected chi connectivity index (χ2v) is 11.6. The largest absolute Gasteiger partial charge is 0.378 e. The van der Waals surface area contributed by atoms with Crippen molar-refractivity contribution in [2.75, 3.05) is 6.61 Å². The van der Waals surface area contributed by atoms with Gasteiger partial charge >= 0.3 is 0 Å². The molecule has 2 unspecified atom stereocenters. The first-order chi connectivity index (χ1) is 12.8. The smallest absolute Gasteiger partial charge is 0.133 e. The van der Waals surface area contributed by atoms with E-state index in [1.807, 2.05) is 6.92 Å². The summed E-state index contributed by atoms with van der Waals surface area (Å²) in [5, 5.41) is 0. The first-order valence-electron chi connectivity index (χ1n) is 11.9. The normalized spacial score (nSPS) is 49.4. The Bertz CT molecular complexity index is 569. The van der Waals surface area contributed by atoms with E-state index in [1.54, 1.807) is 0 Å². The maximum atomic E-state index is 12.3. The van der Waals surface area contributed by atoms with Crippen molar-refractivity contribution >= 4 is 5.78 Å². The van der Waals surface area contributed by atoms with Crippen LogP contribution in [0.5, 0.6) is 0 Å². The highest BCUT2D eigenvalue weighted by atomic mass is 16.5. The Hall–Kier alpha value is -0.370. The molecule has 0 heterocycles. The lowest BCUT2D eigenvalue weighted by molar-refractivity contribution is -0.142. The molecule has 4 aliphatic carbocycles. The zero-order valence-electron chi connectivity index (χ0n) is 18.4. The summed E-state index contributed by atoms with van der Waals surface area (Å²) in [6.45, 7) is 12.4. The molecule has 4 rings (SSSR count). The summed E-state index contributed by atoms with van der Waals surface area (Å²) in [4.78, 5) is 12.3. The molecule has 4 fully saturated rings. The summed E-state index contributed by atoms with van der Waals surface area (Å²) in [5.74, 6) is 4.88. The van der Waals surface area contributed by atoms with Crippen LogP contribution in [-0.2, 0) is 9.53 Å². The number of Topliss-reactive ketones (excluding diaryl/α,β-unsaturated/α-hetero) is 1. The Morgan fingerprint density at radius 1 is 0.963 bits per heavy atom. The van der Waals surface area contributed by atoms with Crippen LogP contribution in [-0.4, -0.2) is 18.5 Å². The number of hydrogen-bond donors (Lipinski definition) is 0. The van der Waals surface area contributed by atoms with Gasteiger partial charge in [-0.15, -0.1) is 0 Å². The third-order valence-corrected chi connectivity index (χ3v) is 9.77. The fourth-order valence-corrected chi connectivity index (χ4v) is 8.37. The van der Waals surface area contributed by atoms with Gasteiger partial charge in [-0.25, -0.2) is 0 Å². The van der Waals surface area contributed by atoms with E-state index < -0.39 is 0 Å². The van der Waals surface area contributed by atoms with Gasteiger partial charge in [0.1, 0.15) is 5.78 Å².